The largest absolute Gasteiger partial charge is 0.450 e. The minimum atomic E-state index is -0.359. The van der Waals surface area contributed by atoms with Gasteiger partial charge in [0.2, 0.25) is 5.75 Å². The first-order chi connectivity index (χ1) is 13.7. The van der Waals surface area contributed by atoms with E-state index < -0.39 is 0 Å². The van der Waals surface area contributed by atoms with Crippen molar-refractivity contribution in [1.29, 1.82) is 0 Å². The average molecular weight is 391 g/mol. The number of ether oxygens (including phenoxy) is 1. The van der Waals surface area contributed by atoms with Crippen LogP contribution in [0.1, 0.15) is 18.1 Å². The lowest BCUT2D eigenvalue weighted by atomic mass is 10.0. The molecule has 4 nitrogen and oxygen atoms in total. The van der Waals surface area contributed by atoms with Crippen molar-refractivity contribution in [3.05, 3.63) is 99.4 Å². The van der Waals surface area contributed by atoms with E-state index in [0.29, 0.717) is 12.3 Å². The van der Waals surface area contributed by atoms with Crippen molar-refractivity contribution >= 4 is 22.4 Å². The third-order valence-electron chi connectivity index (χ3n) is 4.68. The molecule has 0 aliphatic rings. The Kier molecular flexibility index (Phi) is 5.13. The zero-order valence-electron chi connectivity index (χ0n) is 15.4. The molecule has 0 bridgehead atoms. The predicted molar refractivity (Wildman–Crippen MR) is 112 cm³/mol. The van der Waals surface area contributed by atoms with Gasteiger partial charge in [-0.05, 0) is 40.5 Å². The molecule has 4 rings (SSSR count). The standard InChI is InChI=1S/C23H19ClN2O2/c1-2-16-7-5-11-19(13-16)28-22-21(24)14-25-26(23(22)27)15-18-10-6-9-17-8-3-4-12-20(17)18/h3-14H,2,15H2,1H3. The second-order valence-corrected chi connectivity index (χ2v) is 6.93. The van der Waals surface area contributed by atoms with E-state index in [1.807, 2.05) is 66.7 Å². The van der Waals surface area contributed by atoms with Gasteiger partial charge in [0.1, 0.15) is 10.8 Å². The minimum absolute atomic E-state index is 0.0881. The van der Waals surface area contributed by atoms with E-state index in [9.17, 15) is 4.79 Å². The normalized spacial score (nSPS) is 10.9. The summed E-state index contributed by atoms with van der Waals surface area (Å²) in [4.78, 5) is 13.0. The smallest absolute Gasteiger partial charge is 0.311 e. The number of nitrogens with zero attached hydrogens (tertiary/aromatic N) is 2. The first-order valence-corrected chi connectivity index (χ1v) is 9.52. The van der Waals surface area contributed by atoms with Crippen LogP contribution in [-0.2, 0) is 13.0 Å². The number of rotatable bonds is 5. The number of hydrogen-bond donors (Lipinski definition) is 0. The molecule has 5 heteroatoms. The summed E-state index contributed by atoms with van der Waals surface area (Å²) in [5.41, 5.74) is 1.77. The van der Waals surface area contributed by atoms with Crippen LogP contribution in [-0.4, -0.2) is 9.78 Å². The van der Waals surface area contributed by atoms with E-state index in [2.05, 4.69) is 12.0 Å². The Morgan fingerprint density at radius 1 is 1.04 bits per heavy atom. The van der Waals surface area contributed by atoms with Crippen LogP contribution in [0.2, 0.25) is 5.02 Å². The van der Waals surface area contributed by atoms with E-state index in [-0.39, 0.29) is 16.3 Å². The lowest BCUT2D eigenvalue weighted by Gasteiger charge is -2.12. The van der Waals surface area contributed by atoms with Gasteiger partial charge in [-0.25, -0.2) is 4.68 Å². The summed E-state index contributed by atoms with van der Waals surface area (Å²) in [7, 11) is 0. The minimum Gasteiger partial charge on any atom is -0.450 e. The Balaban J connectivity index is 1.71. The Morgan fingerprint density at radius 2 is 1.82 bits per heavy atom. The number of halogens is 1. The molecule has 28 heavy (non-hydrogen) atoms. The van der Waals surface area contributed by atoms with Crippen molar-refractivity contribution in [1.82, 2.24) is 9.78 Å². The lowest BCUT2D eigenvalue weighted by Crippen LogP contribution is -2.24. The molecular formula is C23H19ClN2O2. The summed E-state index contributed by atoms with van der Waals surface area (Å²) in [6, 6.07) is 21.7. The topological polar surface area (TPSA) is 44.1 Å². The molecule has 4 aromatic rings. The van der Waals surface area contributed by atoms with Crippen molar-refractivity contribution in [2.75, 3.05) is 0 Å². The van der Waals surface area contributed by atoms with Crippen LogP contribution in [0.5, 0.6) is 11.5 Å². The molecule has 0 spiro atoms. The van der Waals surface area contributed by atoms with Gasteiger partial charge in [0.25, 0.3) is 0 Å². The Labute approximate surface area is 168 Å². The highest BCUT2D eigenvalue weighted by molar-refractivity contribution is 6.31. The second-order valence-electron chi connectivity index (χ2n) is 6.53. The zero-order valence-corrected chi connectivity index (χ0v) is 16.2. The molecule has 0 saturated carbocycles. The molecule has 1 heterocycles. The van der Waals surface area contributed by atoms with Crippen LogP contribution >= 0.6 is 11.6 Å². The van der Waals surface area contributed by atoms with Crippen molar-refractivity contribution in [2.24, 2.45) is 0 Å². The van der Waals surface area contributed by atoms with Gasteiger partial charge in [-0.2, -0.15) is 5.10 Å². The van der Waals surface area contributed by atoms with Crippen LogP contribution < -0.4 is 10.3 Å². The molecule has 0 aliphatic carbocycles. The number of fused-ring (bicyclic) bond motifs is 1. The van der Waals surface area contributed by atoms with Gasteiger partial charge >= 0.3 is 5.56 Å². The fourth-order valence-corrected chi connectivity index (χ4v) is 3.36. The predicted octanol–water partition coefficient (Wildman–Crippen LogP) is 5.45. The summed E-state index contributed by atoms with van der Waals surface area (Å²) in [6.45, 7) is 2.40. The molecule has 0 fully saturated rings. The van der Waals surface area contributed by atoms with Crippen molar-refractivity contribution < 1.29 is 4.74 Å². The van der Waals surface area contributed by atoms with Gasteiger partial charge in [0, 0.05) is 0 Å². The number of benzene rings is 3. The second kappa shape index (κ2) is 7.87. The monoisotopic (exact) mass is 390 g/mol. The van der Waals surface area contributed by atoms with E-state index in [0.717, 1.165) is 28.3 Å². The van der Waals surface area contributed by atoms with Crippen molar-refractivity contribution in [3.8, 4) is 11.5 Å². The maximum Gasteiger partial charge on any atom is 0.311 e. The van der Waals surface area contributed by atoms with Crippen LogP contribution in [0.3, 0.4) is 0 Å². The zero-order chi connectivity index (χ0) is 19.5. The van der Waals surface area contributed by atoms with Crippen LogP contribution in [0.25, 0.3) is 10.8 Å². The van der Waals surface area contributed by atoms with Gasteiger partial charge < -0.3 is 4.74 Å². The maximum atomic E-state index is 13.0. The van der Waals surface area contributed by atoms with E-state index in [1.165, 1.54) is 10.9 Å². The first kappa shape index (κ1) is 18.3. The Hall–Kier alpha value is -3.11. The maximum absolute atomic E-state index is 13.0. The molecule has 0 N–H and O–H groups in total. The molecule has 0 saturated heterocycles. The van der Waals surface area contributed by atoms with Gasteiger partial charge in [0.15, 0.2) is 0 Å². The number of aryl methyl sites for hydroxylation is 1. The molecule has 0 atom stereocenters. The molecule has 1 aromatic heterocycles. The highest BCUT2D eigenvalue weighted by Crippen LogP contribution is 2.26. The third-order valence-corrected chi connectivity index (χ3v) is 4.95. The Morgan fingerprint density at radius 3 is 2.68 bits per heavy atom. The van der Waals surface area contributed by atoms with Crippen LogP contribution in [0, 0.1) is 0 Å². The van der Waals surface area contributed by atoms with Gasteiger partial charge in [0.05, 0.1) is 12.7 Å². The molecule has 0 amide bonds. The van der Waals surface area contributed by atoms with Gasteiger partial charge in [-0.3, -0.25) is 4.79 Å². The highest BCUT2D eigenvalue weighted by Gasteiger charge is 2.14. The average Bonchev–Trinajstić information content (AvgIpc) is 2.73. The van der Waals surface area contributed by atoms with E-state index in [4.69, 9.17) is 16.3 Å². The fraction of sp³-hybridized carbons (Fsp3) is 0.130. The van der Waals surface area contributed by atoms with Gasteiger partial charge in [-0.1, -0.05) is 73.1 Å². The van der Waals surface area contributed by atoms with Gasteiger partial charge in [-0.15, -0.1) is 0 Å². The SMILES string of the molecule is CCc1cccc(Oc2c(Cl)cnn(Cc3cccc4ccccc34)c2=O)c1. The lowest BCUT2D eigenvalue weighted by molar-refractivity contribution is 0.459. The molecule has 0 aliphatic heterocycles. The van der Waals surface area contributed by atoms with E-state index >= 15 is 0 Å². The third kappa shape index (κ3) is 3.64. The number of hydrogen-bond acceptors (Lipinski definition) is 3. The fourth-order valence-electron chi connectivity index (χ4n) is 3.19. The quantitative estimate of drug-likeness (QED) is 0.455. The molecule has 0 unspecified atom stereocenters. The molecule has 140 valence electrons. The molecule has 0 radical (unpaired) electrons. The summed E-state index contributed by atoms with van der Waals surface area (Å²) >= 11 is 6.22. The number of aromatic nitrogens is 2. The summed E-state index contributed by atoms with van der Waals surface area (Å²) in [5, 5.41) is 6.61. The van der Waals surface area contributed by atoms with Crippen LogP contribution in [0.4, 0.5) is 0 Å². The summed E-state index contributed by atoms with van der Waals surface area (Å²) in [5.74, 6) is 0.673. The molecular weight excluding hydrogens is 372 g/mol. The molecule has 3 aromatic carbocycles. The van der Waals surface area contributed by atoms with Crippen molar-refractivity contribution in [3.63, 3.8) is 0 Å². The summed E-state index contributed by atoms with van der Waals surface area (Å²) < 4.78 is 7.22. The van der Waals surface area contributed by atoms with Crippen LogP contribution in [0.15, 0.2) is 77.7 Å². The van der Waals surface area contributed by atoms with Crippen molar-refractivity contribution in [2.45, 2.75) is 19.9 Å². The van der Waals surface area contributed by atoms with E-state index in [1.54, 1.807) is 0 Å². The first-order valence-electron chi connectivity index (χ1n) is 9.15. The highest BCUT2D eigenvalue weighted by atomic mass is 35.5. The summed E-state index contributed by atoms with van der Waals surface area (Å²) in [6.07, 6.45) is 2.33. The Bertz CT molecular complexity index is 1200.